The monoisotopic (exact) mass is 403 g/mol. The van der Waals surface area contributed by atoms with Gasteiger partial charge in [-0.1, -0.05) is 0 Å². The van der Waals surface area contributed by atoms with E-state index in [0.29, 0.717) is 17.4 Å². The molecule has 1 atom stereocenters. The lowest BCUT2D eigenvalue weighted by molar-refractivity contribution is -0.117. The number of phenols is 1. The number of alkyl halides is 1. The first-order chi connectivity index (χ1) is 12.7. The summed E-state index contributed by atoms with van der Waals surface area (Å²) < 4.78 is 59.6. The molecule has 1 saturated heterocycles. The number of aromatic hydroxyl groups is 1. The lowest BCUT2D eigenvalue weighted by atomic mass is 10.1. The summed E-state index contributed by atoms with van der Waals surface area (Å²) in [6.45, 7) is -0.107. The third-order valence-electron chi connectivity index (χ3n) is 5.19. The summed E-state index contributed by atoms with van der Waals surface area (Å²) in [5.41, 5.74) is -0.722. The van der Waals surface area contributed by atoms with Crippen LogP contribution >= 0.6 is 0 Å². The van der Waals surface area contributed by atoms with E-state index in [4.69, 9.17) is 4.74 Å². The number of nitrogens with one attached hydrogen (secondary N) is 2. The number of carbonyl (C=O) groups is 1. The smallest absolute Gasteiger partial charge is 0.326 e. The van der Waals surface area contributed by atoms with E-state index in [1.54, 1.807) is 4.72 Å². The number of amides is 1. The van der Waals surface area contributed by atoms with Crippen molar-refractivity contribution in [2.75, 3.05) is 30.6 Å². The first-order valence-corrected chi connectivity index (χ1v) is 10.00. The average molecular weight is 403 g/mol. The minimum atomic E-state index is -4.25. The maximum Gasteiger partial charge on any atom is 0.326 e. The molecule has 3 N–H and O–H groups in total. The molecule has 2 fully saturated rings. The van der Waals surface area contributed by atoms with Crippen molar-refractivity contribution in [2.45, 2.75) is 25.4 Å². The third kappa shape index (κ3) is 3.18. The van der Waals surface area contributed by atoms with E-state index in [1.807, 2.05) is 0 Å². The van der Waals surface area contributed by atoms with Gasteiger partial charge in [0.2, 0.25) is 0 Å². The summed E-state index contributed by atoms with van der Waals surface area (Å²) in [5, 5.41) is 13.2. The van der Waals surface area contributed by atoms with Crippen LogP contribution in [0.1, 0.15) is 18.4 Å². The standard InChI is InChI=1S/C16H19F2N3O5S/c17-7-16(1-2-16)8-19-5-9-3-10-12(26-9)4-11(22)15(14(10)18)21-6-13(23)20-27(21,24)25/h4,9,19,22H,1-3,5-8H2,(H,20,23)/t9-/m1/s1. The molecule has 1 aliphatic carbocycles. The molecule has 1 aromatic carbocycles. The maximum absolute atomic E-state index is 15.0. The van der Waals surface area contributed by atoms with Gasteiger partial charge in [0.1, 0.15) is 29.8 Å². The molecule has 1 saturated carbocycles. The van der Waals surface area contributed by atoms with Crippen molar-refractivity contribution in [2.24, 2.45) is 5.41 Å². The molecular weight excluding hydrogens is 384 g/mol. The first-order valence-electron chi connectivity index (χ1n) is 8.56. The van der Waals surface area contributed by atoms with Gasteiger partial charge in [0.15, 0.2) is 5.82 Å². The molecule has 2 aliphatic heterocycles. The minimum Gasteiger partial charge on any atom is -0.505 e. The van der Waals surface area contributed by atoms with Gasteiger partial charge in [-0.05, 0) is 12.8 Å². The Labute approximate surface area is 154 Å². The second-order valence-corrected chi connectivity index (χ2v) is 8.88. The topological polar surface area (TPSA) is 108 Å². The Bertz CT molecular complexity index is 904. The van der Waals surface area contributed by atoms with E-state index in [-0.39, 0.29) is 29.8 Å². The predicted molar refractivity (Wildman–Crippen MR) is 91.1 cm³/mol. The molecule has 1 amide bonds. The molecule has 148 valence electrons. The number of hydrogen-bond acceptors (Lipinski definition) is 6. The van der Waals surface area contributed by atoms with Gasteiger partial charge in [-0.15, -0.1) is 0 Å². The Morgan fingerprint density at radius 1 is 1.44 bits per heavy atom. The van der Waals surface area contributed by atoms with Gasteiger partial charge < -0.3 is 15.2 Å². The lowest BCUT2D eigenvalue weighted by Gasteiger charge is -2.18. The molecule has 0 radical (unpaired) electrons. The summed E-state index contributed by atoms with van der Waals surface area (Å²) in [6, 6.07) is 1.15. The summed E-state index contributed by atoms with van der Waals surface area (Å²) in [6.07, 6.45) is 1.42. The molecule has 8 nitrogen and oxygen atoms in total. The summed E-state index contributed by atoms with van der Waals surface area (Å²) in [5.74, 6) is -2.25. The molecule has 2 heterocycles. The highest BCUT2D eigenvalue weighted by Gasteiger charge is 2.43. The average Bonchev–Trinajstić information content (AvgIpc) is 3.17. The molecule has 1 aromatic rings. The van der Waals surface area contributed by atoms with Gasteiger partial charge in [-0.3, -0.25) is 9.18 Å². The zero-order chi connectivity index (χ0) is 19.4. The maximum atomic E-state index is 15.0. The molecule has 11 heteroatoms. The van der Waals surface area contributed by atoms with E-state index >= 15 is 0 Å². The zero-order valence-corrected chi connectivity index (χ0v) is 15.1. The van der Waals surface area contributed by atoms with Gasteiger partial charge in [0.05, 0.1) is 6.67 Å². The number of carbonyl (C=O) groups excluding carboxylic acids is 1. The Balaban J connectivity index is 1.51. The van der Waals surface area contributed by atoms with Crippen LogP contribution in [0.2, 0.25) is 0 Å². The van der Waals surface area contributed by atoms with Crippen LogP contribution in [-0.2, 0) is 21.4 Å². The second kappa shape index (κ2) is 6.20. The van der Waals surface area contributed by atoms with Gasteiger partial charge in [-0.2, -0.15) is 8.42 Å². The van der Waals surface area contributed by atoms with Gasteiger partial charge in [-0.25, -0.2) is 13.4 Å². The molecule has 27 heavy (non-hydrogen) atoms. The number of rotatable bonds is 6. The Kier molecular flexibility index (Phi) is 4.18. The van der Waals surface area contributed by atoms with Gasteiger partial charge >= 0.3 is 10.2 Å². The Morgan fingerprint density at radius 2 is 2.19 bits per heavy atom. The van der Waals surface area contributed by atoms with E-state index in [2.05, 4.69) is 5.32 Å². The third-order valence-corrected chi connectivity index (χ3v) is 6.57. The summed E-state index contributed by atoms with van der Waals surface area (Å²) in [4.78, 5) is 11.4. The van der Waals surface area contributed by atoms with Crippen molar-refractivity contribution in [1.29, 1.82) is 0 Å². The fourth-order valence-electron chi connectivity index (χ4n) is 3.42. The molecule has 0 spiro atoms. The Morgan fingerprint density at radius 3 is 2.78 bits per heavy atom. The molecule has 4 rings (SSSR count). The number of ether oxygens (including phenoxy) is 1. The van der Waals surface area contributed by atoms with Crippen LogP contribution in [0.3, 0.4) is 0 Å². The minimum absolute atomic E-state index is 0.128. The van der Waals surface area contributed by atoms with E-state index in [1.165, 1.54) is 0 Å². The van der Waals surface area contributed by atoms with Crippen LogP contribution in [0.4, 0.5) is 14.5 Å². The summed E-state index contributed by atoms with van der Waals surface area (Å²) in [7, 11) is -4.25. The van der Waals surface area contributed by atoms with Gasteiger partial charge in [0, 0.05) is 36.6 Å². The van der Waals surface area contributed by atoms with E-state index in [0.717, 1.165) is 18.9 Å². The number of halogens is 2. The van der Waals surface area contributed by atoms with E-state index in [9.17, 15) is 27.1 Å². The summed E-state index contributed by atoms with van der Waals surface area (Å²) >= 11 is 0. The quantitative estimate of drug-likeness (QED) is 0.633. The van der Waals surface area contributed by atoms with Crippen molar-refractivity contribution < 1.29 is 31.8 Å². The van der Waals surface area contributed by atoms with E-state index < -0.39 is 46.0 Å². The highest BCUT2D eigenvalue weighted by molar-refractivity contribution is 7.92. The number of anilines is 1. The van der Waals surface area contributed by atoms with Gasteiger partial charge in [0.25, 0.3) is 5.91 Å². The number of nitrogens with zero attached hydrogens (tertiary/aromatic N) is 1. The number of phenolic OH excluding ortho intramolecular Hbond substituents is 1. The van der Waals surface area contributed by atoms with Crippen LogP contribution in [0.25, 0.3) is 0 Å². The molecular formula is C16H19F2N3O5S. The van der Waals surface area contributed by atoms with Crippen LogP contribution in [0.15, 0.2) is 6.07 Å². The highest BCUT2D eigenvalue weighted by atomic mass is 32.2. The Hall–Kier alpha value is -2.14. The number of hydrogen-bond donors (Lipinski definition) is 3. The van der Waals surface area contributed by atoms with Crippen molar-refractivity contribution in [1.82, 2.24) is 10.0 Å². The van der Waals surface area contributed by atoms with Crippen LogP contribution < -0.4 is 19.1 Å². The molecule has 0 bridgehead atoms. The fraction of sp³-hybridized carbons (Fsp3) is 0.562. The number of benzene rings is 1. The second-order valence-electron chi connectivity index (χ2n) is 7.28. The van der Waals surface area contributed by atoms with Crippen LogP contribution in [0.5, 0.6) is 11.5 Å². The predicted octanol–water partition coefficient (Wildman–Crippen LogP) is 0.355. The molecule has 0 unspecified atom stereocenters. The van der Waals surface area contributed by atoms with Crippen LogP contribution in [-0.4, -0.2) is 51.8 Å². The zero-order valence-electron chi connectivity index (χ0n) is 14.3. The van der Waals surface area contributed by atoms with Crippen molar-refractivity contribution in [3.8, 4) is 11.5 Å². The normalized spacial score (nSPS) is 24.4. The SMILES string of the molecule is O=C1CN(c2c(O)cc3c(c2F)C[C@H](CNCC2(CF)CC2)O3)S(=O)(=O)N1. The van der Waals surface area contributed by atoms with Crippen molar-refractivity contribution >= 4 is 21.8 Å². The lowest BCUT2D eigenvalue weighted by Crippen LogP contribution is -2.34. The fourth-order valence-corrected chi connectivity index (χ4v) is 4.58. The number of fused-ring (bicyclic) bond motifs is 1. The van der Waals surface area contributed by atoms with Crippen LogP contribution in [0, 0.1) is 11.2 Å². The van der Waals surface area contributed by atoms with Crippen molar-refractivity contribution in [3.63, 3.8) is 0 Å². The molecule has 0 aromatic heterocycles. The largest absolute Gasteiger partial charge is 0.505 e. The van der Waals surface area contributed by atoms with Crippen molar-refractivity contribution in [3.05, 3.63) is 17.4 Å². The highest BCUT2D eigenvalue weighted by Crippen LogP contribution is 2.46. The first kappa shape index (κ1) is 18.2. The molecule has 3 aliphatic rings.